The number of aryl methyl sites for hydroxylation is 1. The van der Waals surface area contributed by atoms with Crippen molar-refractivity contribution in [3.63, 3.8) is 0 Å². The van der Waals surface area contributed by atoms with E-state index in [2.05, 4.69) is 5.32 Å². The van der Waals surface area contributed by atoms with Crippen molar-refractivity contribution in [3.8, 4) is 11.8 Å². The van der Waals surface area contributed by atoms with Gasteiger partial charge in [0.2, 0.25) is 0 Å². The van der Waals surface area contributed by atoms with Gasteiger partial charge in [-0.15, -0.1) is 0 Å². The molecule has 0 spiro atoms. The van der Waals surface area contributed by atoms with Gasteiger partial charge in [-0.1, -0.05) is 6.92 Å². The zero-order valence-corrected chi connectivity index (χ0v) is 15.8. The van der Waals surface area contributed by atoms with Crippen LogP contribution < -0.4 is 15.2 Å². The molecule has 0 saturated carbocycles. The van der Waals surface area contributed by atoms with Gasteiger partial charge in [0, 0.05) is 25.4 Å². The third-order valence-electron chi connectivity index (χ3n) is 3.96. The lowest BCUT2D eigenvalue weighted by Gasteiger charge is -2.13. The number of anilines is 1. The van der Waals surface area contributed by atoms with Crippen LogP contribution in [0.2, 0.25) is 0 Å². The highest BCUT2D eigenvalue weighted by atomic mass is 32.2. The minimum absolute atomic E-state index is 0.164. The molecule has 1 unspecified atom stereocenters. The van der Waals surface area contributed by atoms with E-state index in [-0.39, 0.29) is 23.6 Å². The Morgan fingerprint density at radius 3 is 2.93 bits per heavy atom. The topological polar surface area (TPSA) is 113 Å². The maximum atomic E-state index is 13.4. The van der Waals surface area contributed by atoms with E-state index in [0.29, 0.717) is 23.5 Å². The first kappa shape index (κ1) is 20.8. The molecule has 2 rings (SSSR count). The van der Waals surface area contributed by atoms with Crippen LogP contribution in [0.3, 0.4) is 0 Å². The molecule has 1 amide bonds. The number of nitrogens with zero attached hydrogens (tertiary/aromatic N) is 2. The van der Waals surface area contributed by atoms with E-state index in [1.807, 2.05) is 6.92 Å². The molecule has 1 heterocycles. The minimum Gasteiger partial charge on any atom is -0.490 e. The monoisotopic (exact) mass is 392 g/mol. The lowest BCUT2D eigenvalue weighted by molar-refractivity contribution is 0.101. The van der Waals surface area contributed by atoms with Crippen molar-refractivity contribution in [1.82, 2.24) is 4.57 Å². The van der Waals surface area contributed by atoms with Crippen molar-refractivity contribution < 1.29 is 19.0 Å². The Bertz CT molecular complexity index is 863. The first-order chi connectivity index (χ1) is 12.9. The Morgan fingerprint density at radius 2 is 2.30 bits per heavy atom. The van der Waals surface area contributed by atoms with Gasteiger partial charge in [0.05, 0.1) is 23.2 Å². The summed E-state index contributed by atoms with van der Waals surface area (Å²) in [5.74, 6) is -0.831. The summed E-state index contributed by atoms with van der Waals surface area (Å²) in [6, 6.07) is 5.47. The standard InChI is InChI=1S/C18H21FN4O3S/c1-3-13(24)6-7-26-17-15(27-21)10-23(2)16(17)18(25)22-12-4-5-14(19)11(8-12)9-20/h4-5,8,10,13,24H,3,6-7,21H2,1-2H3,(H,22,25). The lowest BCUT2D eigenvalue weighted by atomic mass is 10.2. The largest absolute Gasteiger partial charge is 0.490 e. The van der Waals surface area contributed by atoms with Crippen molar-refractivity contribution in [1.29, 1.82) is 5.26 Å². The summed E-state index contributed by atoms with van der Waals surface area (Å²) in [7, 11) is 1.67. The van der Waals surface area contributed by atoms with Crippen molar-refractivity contribution in [2.45, 2.75) is 30.8 Å². The molecular formula is C18H21FN4O3S. The molecule has 0 aliphatic heterocycles. The third kappa shape index (κ3) is 5.01. The van der Waals surface area contributed by atoms with Crippen LogP contribution in [-0.4, -0.2) is 28.3 Å². The molecule has 0 aliphatic rings. The van der Waals surface area contributed by atoms with Gasteiger partial charge in [-0.2, -0.15) is 5.26 Å². The van der Waals surface area contributed by atoms with Crippen LogP contribution in [0.4, 0.5) is 10.1 Å². The zero-order chi connectivity index (χ0) is 20.0. The Hall–Kier alpha value is -2.54. The molecule has 144 valence electrons. The molecule has 4 N–H and O–H groups in total. The predicted octanol–water partition coefficient (Wildman–Crippen LogP) is 2.79. The molecule has 1 aromatic carbocycles. The molecule has 0 fully saturated rings. The summed E-state index contributed by atoms with van der Waals surface area (Å²) in [6.45, 7) is 2.09. The van der Waals surface area contributed by atoms with Crippen LogP contribution in [0.5, 0.6) is 5.75 Å². The number of aliphatic hydroxyl groups excluding tert-OH is 1. The number of amides is 1. The fraction of sp³-hybridized carbons (Fsp3) is 0.333. The molecule has 1 atom stereocenters. The number of halogens is 1. The van der Waals surface area contributed by atoms with Crippen LogP contribution in [0.1, 0.15) is 35.8 Å². The van der Waals surface area contributed by atoms with Gasteiger partial charge < -0.3 is 19.7 Å². The number of aromatic nitrogens is 1. The van der Waals surface area contributed by atoms with E-state index >= 15 is 0 Å². The zero-order valence-electron chi connectivity index (χ0n) is 15.0. The number of aliphatic hydroxyl groups is 1. The quantitative estimate of drug-likeness (QED) is 0.596. The number of hydrogen-bond donors (Lipinski definition) is 3. The SMILES string of the molecule is CCC(O)CCOc1c(SN)cn(C)c1C(=O)Nc1ccc(F)c(C#N)c1. The smallest absolute Gasteiger partial charge is 0.276 e. The average molecular weight is 392 g/mol. The van der Waals surface area contributed by atoms with Gasteiger partial charge >= 0.3 is 0 Å². The fourth-order valence-corrected chi connectivity index (χ4v) is 2.92. The van der Waals surface area contributed by atoms with Crippen molar-refractivity contribution in [2.75, 3.05) is 11.9 Å². The number of nitriles is 1. The van der Waals surface area contributed by atoms with Gasteiger partial charge in [0.1, 0.15) is 11.9 Å². The number of ether oxygens (including phenoxy) is 1. The second kappa shape index (κ2) is 9.41. The number of hydrogen-bond acceptors (Lipinski definition) is 6. The molecule has 9 heteroatoms. The molecule has 1 aromatic heterocycles. The molecule has 0 radical (unpaired) electrons. The van der Waals surface area contributed by atoms with Gasteiger partial charge in [0.15, 0.2) is 11.4 Å². The second-order valence-corrected chi connectivity index (χ2v) is 6.54. The molecule has 7 nitrogen and oxygen atoms in total. The van der Waals surface area contributed by atoms with Gasteiger partial charge in [-0.05, 0) is 36.6 Å². The Labute approximate surface area is 161 Å². The molecule has 0 bridgehead atoms. The van der Waals surface area contributed by atoms with E-state index in [1.165, 1.54) is 12.1 Å². The number of nitrogens with two attached hydrogens (primary N) is 1. The number of benzene rings is 1. The van der Waals surface area contributed by atoms with Crippen LogP contribution in [0, 0.1) is 17.1 Å². The Kier molecular flexibility index (Phi) is 7.24. The minimum atomic E-state index is -0.658. The van der Waals surface area contributed by atoms with E-state index in [4.69, 9.17) is 15.1 Å². The second-order valence-electron chi connectivity index (χ2n) is 5.86. The fourth-order valence-electron chi connectivity index (χ4n) is 2.44. The van der Waals surface area contributed by atoms with E-state index in [9.17, 15) is 14.3 Å². The van der Waals surface area contributed by atoms with E-state index in [1.54, 1.807) is 23.9 Å². The summed E-state index contributed by atoms with van der Waals surface area (Å²) < 4.78 is 20.7. The van der Waals surface area contributed by atoms with Crippen LogP contribution in [-0.2, 0) is 7.05 Å². The van der Waals surface area contributed by atoms with Crippen LogP contribution in [0.15, 0.2) is 29.3 Å². The lowest BCUT2D eigenvalue weighted by Crippen LogP contribution is -2.18. The Balaban J connectivity index is 2.24. The number of nitrogens with one attached hydrogen (secondary N) is 1. The van der Waals surface area contributed by atoms with Crippen LogP contribution >= 0.6 is 11.9 Å². The first-order valence-electron chi connectivity index (χ1n) is 8.29. The highest BCUT2D eigenvalue weighted by molar-refractivity contribution is 7.97. The predicted molar refractivity (Wildman–Crippen MR) is 101 cm³/mol. The molecule has 0 saturated heterocycles. The summed E-state index contributed by atoms with van der Waals surface area (Å²) in [4.78, 5) is 13.3. The highest BCUT2D eigenvalue weighted by Crippen LogP contribution is 2.32. The van der Waals surface area contributed by atoms with E-state index in [0.717, 1.165) is 18.0 Å². The van der Waals surface area contributed by atoms with Gasteiger partial charge in [0.25, 0.3) is 5.91 Å². The third-order valence-corrected chi connectivity index (χ3v) is 4.50. The van der Waals surface area contributed by atoms with Crippen molar-refractivity contribution >= 4 is 23.5 Å². The number of rotatable bonds is 8. The summed E-state index contributed by atoms with van der Waals surface area (Å²) in [6.07, 6.45) is 2.21. The van der Waals surface area contributed by atoms with Crippen LogP contribution in [0.25, 0.3) is 0 Å². The van der Waals surface area contributed by atoms with Crippen molar-refractivity contribution in [3.05, 3.63) is 41.5 Å². The maximum Gasteiger partial charge on any atom is 0.276 e. The summed E-state index contributed by atoms with van der Waals surface area (Å²) in [5.41, 5.74) is 0.355. The summed E-state index contributed by atoms with van der Waals surface area (Å²) in [5, 5.41) is 26.9. The van der Waals surface area contributed by atoms with E-state index < -0.39 is 17.8 Å². The molecule has 2 aromatic rings. The Morgan fingerprint density at radius 1 is 1.56 bits per heavy atom. The average Bonchev–Trinajstić information content (AvgIpc) is 2.98. The van der Waals surface area contributed by atoms with Gasteiger partial charge in [-0.25, -0.2) is 4.39 Å². The highest BCUT2D eigenvalue weighted by Gasteiger charge is 2.22. The van der Waals surface area contributed by atoms with Gasteiger partial charge in [-0.3, -0.25) is 9.93 Å². The molecule has 0 aliphatic carbocycles. The first-order valence-corrected chi connectivity index (χ1v) is 9.17. The molecular weight excluding hydrogens is 371 g/mol. The number of carbonyl (C=O) groups is 1. The number of carbonyl (C=O) groups excluding carboxylic acids is 1. The maximum absolute atomic E-state index is 13.4. The van der Waals surface area contributed by atoms with Crippen molar-refractivity contribution in [2.24, 2.45) is 12.2 Å². The normalized spacial score (nSPS) is 11.7. The molecule has 27 heavy (non-hydrogen) atoms. The summed E-state index contributed by atoms with van der Waals surface area (Å²) >= 11 is 0.946.